The van der Waals surface area contributed by atoms with Crippen molar-refractivity contribution in [3.05, 3.63) is 6.20 Å². The fraction of sp³-hybridized carbons (Fsp3) is 0.500. The van der Waals surface area contributed by atoms with E-state index in [-0.39, 0.29) is 0 Å². The molecule has 6 nitrogen and oxygen atoms in total. The highest BCUT2D eigenvalue weighted by Crippen LogP contribution is 2.00. The lowest BCUT2D eigenvalue weighted by molar-refractivity contribution is -0.141. The van der Waals surface area contributed by atoms with Crippen molar-refractivity contribution in [2.75, 3.05) is 5.73 Å². The number of nitrogen functional groups attached to an aromatic ring is 1. The quantitative estimate of drug-likeness (QED) is 0.642. The van der Waals surface area contributed by atoms with Gasteiger partial charge < -0.3 is 10.8 Å². The van der Waals surface area contributed by atoms with Crippen LogP contribution < -0.4 is 5.73 Å². The number of aromatic nitrogens is 3. The normalized spacial score (nSPS) is 12.8. The summed E-state index contributed by atoms with van der Waals surface area (Å²) >= 11 is 0. The summed E-state index contributed by atoms with van der Waals surface area (Å²) in [5.74, 6) is -1.04. The number of hydrogen-bond donors (Lipinski definition) is 2. The second-order valence-electron chi connectivity index (χ2n) is 2.60. The van der Waals surface area contributed by atoms with Crippen molar-refractivity contribution in [2.24, 2.45) is 5.92 Å². The Labute approximate surface area is 69.0 Å². The van der Waals surface area contributed by atoms with Crippen molar-refractivity contribution >= 4 is 11.8 Å². The van der Waals surface area contributed by atoms with Gasteiger partial charge in [-0.2, -0.15) is 0 Å². The molecule has 0 aliphatic rings. The Morgan fingerprint density at radius 1 is 1.92 bits per heavy atom. The maximum atomic E-state index is 10.4. The average molecular weight is 170 g/mol. The number of carboxylic acid groups (broad SMARTS) is 1. The molecular weight excluding hydrogens is 160 g/mol. The molecule has 1 unspecified atom stereocenters. The third kappa shape index (κ3) is 1.94. The third-order valence-corrected chi connectivity index (χ3v) is 1.44. The van der Waals surface area contributed by atoms with Gasteiger partial charge in [0.15, 0.2) is 5.82 Å². The number of rotatable bonds is 3. The number of carbonyl (C=O) groups is 1. The summed E-state index contributed by atoms with van der Waals surface area (Å²) in [5, 5.41) is 15.7. The van der Waals surface area contributed by atoms with Crippen LogP contribution in [0.1, 0.15) is 6.92 Å². The molecular formula is C6H10N4O2. The standard InChI is InChI=1S/C6H10N4O2/c1-4(6(11)12)2-10-3-5(7)8-9-10/h3-4H,2,7H2,1H3,(H,11,12). The van der Waals surface area contributed by atoms with Crippen LogP contribution in [0, 0.1) is 5.92 Å². The predicted molar refractivity (Wildman–Crippen MR) is 41.2 cm³/mol. The first-order valence-electron chi connectivity index (χ1n) is 3.48. The summed E-state index contributed by atoms with van der Waals surface area (Å²) in [6.45, 7) is 1.89. The van der Waals surface area contributed by atoms with Crippen molar-refractivity contribution in [1.29, 1.82) is 0 Å². The number of carboxylic acids is 1. The van der Waals surface area contributed by atoms with Crippen LogP contribution in [0.4, 0.5) is 5.82 Å². The van der Waals surface area contributed by atoms with Crippen molar-refractivity contribution in [3.63, 3.8) is 0 Å². The van der Waals surface area contributed by atoms with Crippen LogP contribution in [-0.4, -0.2) is 26.1 Å². The molecule has 0 saturated carbocycles. The Morgan fingerprint density at radius 2 is 2.58 bits per heavy atom. The smallest absolute Gasteiger partial charge is 0.308 e. The lowest BCUT2D eigenvalue weighted by Crippen LogP contribution is -2.17. The van der Waals surface area contributed by atoms with E-state index in [1.165, 1.54) is 10.9 Å². The fourth-order valence-corrected chi connectivity index (χ4v) is 0.761. The minimum absolute atomic E-state index is 0.291. The lowest BCUT2D eigenvalue weighted by atomic mass is 10.2. The van der Waals surface area contributed by atoms with E-state index in [0.29, 0.717) is 12.4 Å². The largest absolute Gasteiger partial charge is 0.481 e. The summed E-state index contributed by atoms with van der Waals surface area (Å²) in [5.41, 5.74) is 5.29. The summed E-state index contributed by atoms with van der Waals surface area (Å²) in [4.78, 5) is 10.4. The lowest BCUT2D eigenvalue weighted by Gasteiger charge is -2.03. The van der Waals surface area contributed by atoms with Crippen LogP contribution in [0.5, 0.6) is 0 Å². The highest BCUT2D eigenvalue weighted by atomic mass is 16.4. The SMILES string of the molecule is CC(Cn1cc(N)nn1)C(=O)O. The second-order valence-corrected chi connectivity index (χ2v) is 2.60. The van der Waals surface area contributed by atoms with E-state index >= 15 is 0 Å². The van der Waals surface area contributed by atoms with Crippen LogP contribution >= 0.6 is 0 Å². The Balaban J connectivity index is 2.58. The molecule has 3 N–H and O–H groups in total. The van der Waals surface area contributed by atoms with E-state index in [2.05, 4.69) is 10.3 Å². The molecule has 0 amide bonds. The topological polar surface area (TPSA) is 94.0 Å². The number of anilines is 1. The van der Waals surface area contributed by atoms with Gasteiger partial charge in [0.2, 0.25) is 0 Å². The van der Waals surface area contributed by atoms with Crippen LogP contribution in [-0.2, 0) is 11.3 Å². The van der Waals surface area contributed by atoms with Crippen molar-refractivity contribution in [2.45, 2.75) is 13.5 Å². The molecule has 6 heteroatoms. The Morgan fingerprint density at radius 3 is 3.00 bits per heavy atom. The minimum Gasteiger partial charge on any atom is -0.481 e. The monoisotopic (exact) mass is 170 g/mol. The van der Waals surface area contributed by atoms with Crippen molar-refractivity contribution < 1.29 is 9.90 Å². The maximum absolute atomic E-state index is 10.4. The zero-order valence-corrected chi connectivity index (χ0v) is 6.64. The first-order chi connectivity index (χ1) is 5.59. The van der Waals surface area contributed by atoms with E-state index < -0.39 is 11.9 Å². The van der Waals surface area contributed by atoms with Gasteiger partial charge >= 0.3 is 5.97 Å². The number of aliphatic carboxylic acids is 1. The highest BCUT2D eigenvalue weighted by molar-refractivity contribution is 5.69. The second kappa shape index (κ2) is 3.21. The van der Waals surface area contributed by atoms with E-state index in [9.17, 15) is 4.79 Å². The molecule has 1 heterocycles. The number of nitrogens with zero attached hydrogens (tertiary/aromatic N) is 3. The highest BCUT2D eigenvalue weighted by Gasteiger charge is 2.11. The molecule has 0 radical (unpaired) electrons. The van der Waals surface area contributed by atoms with Crippen molar-refractivity contribution in [1.82, 2.24) is 15.0 Å². The van der Waals surface area contributed by atoms with Gasteiger partial charge in [0, 0.05) is 0 Å². The Kier molecular flexibility index (Phi) is 2.27. The summed E-state index contributed by atoms with van der Waals surface area (Å²) in [6, 6.07) is 0. The van der Waals surface area contributed by atoms with Gasteiger partial charge in [-0.15, -0.1) is 5.10 Å². The molecule has 1 atom stereocenters. The Bertz CT molecular complexity index is 283. The van der Waals surface area contributed by atoms with Gasteiger partial charge in [-0.3, -0.25) is 4.79 Å². The molecule has 0 bridgehead atoms. The van der Waals surface area contributed by atoms with Crippen LogP contribution in [0.25, 0.3) is 0 Å². The molecule has 0 fully saturated rings. The number of nitrogens with two attached hydrogens (primary N) is 1. The Hall–Kier alpha value is -1.59. The van der Waals surface area contributed by atoms with E-state index in [4.69, 9.17) is 10.8 Å². The molecule has 0 aliphatic heterocycles. The van der Waals surface area contributed by atoms with E-state index in [0.717, 1.165) is 0 Å². The van der Waals surface area contributed by atoms with Gasteiger partial charge in [0.25, 0.3) is 0 Å². The fourth-order valence-electron chi connectivity index (χ4n) is 0.761. The molecule has 0 aromatic carbocycles. The summed E-state index contributed by atoms with van der Waals surface area (Å²) in [7, 11) is 0. The van der Waals surface area contributed by atoms with Gasteiger partial charge in [-0.25, -0.2) is 4.68 Å². The zero-order chi connectivity index (χ0) is 9.14. The molecule has 1 rings (SSSR count). The van der Waals surface area contributed by atoms with Crippen molar-refractivity contribution in [3.8, 4) is 0 Å². The zero-order valence-electron chi connectivity index (χ0n) is 6.64. The summed E-state index contributed by atoms with van der Waals surface area (Å²) < 4.78 is 1.41. The maximum Gasteiger partial charge on any atom is 0.308 e. The van der Waals surface area contributed by atoms with E-state index in [1.54, 1.807) is 6.92 Å². The molecule has 0 spiro atoms. The van der Waals surface area contributed by atoms with Gasteiger partial charge in [0.1, 0.15) is 0 Å². The average Bonchev–Trinajstić information content (AvgIpc) is 2.35. The molecule has 12 heavy (non-hydrogen) atoms. The van der Waals surface area contributed by atoms with Crippen LogP contribution in [0.15, 0.2) is 6.20 Å². The van der Waals surface area contributed by atoms with Crippen LogP contribution in [0.2, 0.25) is 0 Å². The summed E-state index contributed by atoms with van der Waals surface area (Å²) in [6.07, 6.45) is 1.50. The minimum atomic E-state index is -0.857. The first kappa shape index (κ1) is 8.51. The van der Waals surface area contributed by atoms with Gasteiger partial charge in [-0.05, 0) is 0 Å². The van der Waals surface area contributed by atoms with Gasteiger partial charge in [0.05, 0.1) is 18.7 Å². The molecule has 0 saturated heterocycles. The molecule has 66 valence electrons. The molecule has 1 aromatic heterocycles. The predicted octanol–water partition coefficient (Wildman–Crippen LogP) is -0.419. The van der Waals surface area contributed by atoms with E-state index in [1.807, 2.05) is 0 Å². The molecule has 0 aliphatic carbocycles. The molecule has 1 aromatic rings. The first-order valence-corrected chi connectivity index (χ1v) is 3.48. The van der Waals surface area contributed by atoms with Gasteiger partial charge in [-0.1, -0.05) is 12.1 Å². The van der Waals surface area contributed by atoms with Crippen LogP contribution in [0.3, 0.4) is 0 Å². The third-order valence-electron chi connectivity index (χ3n) is 1.44. The number of hydrogen-bond acceptors (Lipinski definition) is 4.